The lowest BCUT2D eigenvalue weighted by atomic mass is 10.2. The predicted octanol–water partition coefficient (Wildman–Crippen LogP) is 3.30. The monoisotopic (exact) mass is 374 g/mol. The zero-order chi connectivity index (χ0) is 18.3. The molecule has 3 aromatic rings. The van der Waals surface area contributed by atoms with Crippen LogP contribution in [0.5, 0.6) is 0 Å². The number of amides is 1. The summed E-state index contributed by atoms with van der Waals surface area (Å²) in [6.07, 6.45) is 1.87. The highest BCUT2D eigenvalue weighted by atomic mass is 32.1. The van der Waals surface area contributed by atoms with Gasteiger partial charge in [0.25, 0.3) is 5.91 Å². The standard InChI is InChI=1S/C18H19FN4O2S/c1-11-8-15(21-22(11)2)17(24)23(10-13-4-3-7-25-13)18-20-14-6-5-12(19)9-16(14)26-18/h5-6,8-9,13H,3-4,7,10H2,1-2H3. The van der Waals surface area contributed by atoms with Gasteiger partial charge in [0, 0.05) is 19.3 Å². The first-order valence-corrected chi connectivity index (χ1v) is 9.33. The lowest BCUT2D eigenvalue weighted by Crippen LogP contribution is -2.37. The molecule has 0 N–H and O–H groups in total. The number of rotatable bonds is 4. The van der Waals surface area contributed by atoms with Crippen molar-refractivity contribution in [2.75, 3.05) is 18.1 Å². The van der Waals surface area contributed by atoms with Gasteiger partial charge in [0.05, 0.1) is 22.9 Å². The van der Waals surface area contributed by atoms with Crippen LogP contribution in [0.2, 0.25) is 0 Å². The highest BCUT2D eigenvalue weighted by Gasteiger charge is 2.28. The number of halogens is 1. The molecule has 1 aliphatic rings. The Morgan fingerprint density at radius 1 is 1.46 bits per heavy atom. The first kappa shape index (κ1) is 17.1. The minimum Gasteiger partial charge on any atom is -0.376 e. The molecule has 2 aromatic heterocycles. The molecule has 1 aromatic carbocycles. The summed E-state index contributed by atoms with van der Waals surface area (Å²) in [4.78, 5) is 19.3. The van der Waals surface area contributed by atoms with Crippen LogP contribution in [-0.4, -0.2) is 39.9 Å². The highest BCUT2D eigenvalue weighted by Crippen LogP contribution is 2.31. The van der Waals surface area contributed by atoms with Gasteiger partial charge in [-0.05, 0) is 44.0 Å². The summed E-state index contributed by atoms with van der Waals surface area (Å²) in [6, 6.07) is 6.21. The number of hydrogen-bond acceptors (Lipinski definition) is 5. The summed E-state index contributed by atoms with van der Waals surface area (Å²) in [7, 11) is 1.80. The van der Waals surface area contributed by atoms with Gasteiger partial charge in [0.15, 0.2) is 10.8 Å². The quantitative estimate of drug-likeness (QED) is 0.703. The second-order valence-electron chi connectivity index (χ2n) is 6.45. The van der Waals surface area contributed by atoms with Crippen LogP contribution in [0.15, 0.2) is 24.3 Å². The van der Waals surface area contributed by atoms with Crippen LogP contribution in [0.4, 0.5) is 9.52 Å². The molecule has 1 atom stereocenters. The fourth-order valence-electron chi connectivity index (χ4n) is 3.04. The first-order chi connectivity index (χ1) is 12.5. The van der Waals surface area contributed by atoms with Crippen molar-refractivity contribution in [3.05, 3.63) is 41.5 Å². The number of aryl methyl sites for hydroxylation is 2. The maximum absolute atomic E-state index is 13.5. The molecule has 1 aliphatic heterocycles. The van der Waals surface area contributed by atoms with Crippen LogP contribution in [-0.2, 0) is 11.8 Å². The lowest BCUT2D eigenvalue weighted by Gasteiger charge is -2.22. The van der Waals surface area contributed by atoms with Gasteiger partial charge < -0.3 is 4.74 Å². The summed E-state index contributed by atoms with van der Waals surface area (Å²) < 4.78 is 21.6. The smallest absolute Gasteiger partial charge is 0.280 e. The largest absolute Gasteiger partial charge is 0.376 e. The van der Waals surface area contributed by atoms with Gasteiger partial charge >= 0.3 is 0 Å². The van der Waals surface area contributed by atoms with Crippen molar-refractivity contribution in [3.63, 3.8) is 0 Å². The number of nitrogens with zero attached hydrogens (tertiary/aromatic N) is 4. The molecule has 1 unspecified atom stereocenters. The Bertz CT molecular complexity index is 942. The molecule has 6 nitrogen and oxygen atoms in total. The zero-order valence-corrected chi connectivity index (χ0v) is 15.4. The van der Waals surface area contributed by atoms with Crippen LogP contribution in [0.3, 0.4) is 0 Å². The average molecular weight is 374 g/mol. The molecule has 3 heterocycles. The van der Waals surface area contributed by atoms with Crippen LogP contribution in [0.25, 0.3) is 10.2 Å². The number of thiazole rings is 1. The normalized spacial score (nSPS) is 17.1. The van der Waals surface area contributed by atoms with Crippen LogP contribution in [0.1, 0.15) is 29.0 Å². The summed E-state index contributed by atoms with van der Waals surface area (Å²) in [5.74, 6) is -0.534. The maximum Gasteiger partial charge on any atom is 0.280 e. The Morgan fingerprint density at radius 3 is 3.00 bits per heavy atom. The van der Waals surface area contributed by atoms with Gasteiger partial charge in [-0.2, -0.15) is 5.10 Å². The Labute approximate surface area is 154 Å². The molecule has 0 aliphatic carbocycles. The molecule has 1 saturated heterocycles. The highest BCUT2D eigenvalue weighted by molar-refractivity contribution is 7.22. The molecule has 26 heavy (non-hydrogen) atoms. The topological polar surface area (TPSA) is 60.3 Å². The van der Waals surface area contributed by atoms with Gasteiger partial charge in [0.2, 0.25) is 0 Å². The third kappa shape index (κ3) is 3.22. The van der Waals surface area contributed by atoms with E-state index >= 15 is 0 Å². The number of aromatic nitrogens is 3. The summed E-state index contributed by atoms with van der Waals surface area (Å²) in [5.41, 5.74) is 1.94. The lowest BCUT2D eigenvalue weighted by molar-refractivity contribution is 0.0913. The van der Waals surface area contributed by atoms with E-state index in [-0.39, 0.29) is 17.8 Å². The second-order valence-corrected chi connectivity index (χ2v) is 7.46. The maximum atomic E-state index is 13.5. The molecule has 0 saturated carbocycles. The van der Waals surface area contributed by atoms with Gasteiger partial charge in [-0.25, -0.2) is 9.37 Å². The van der Waals surface area contributed by atoms with E-state index in [1.165, 1.54) is 23.5 Å². The van der Waals surface area contributed by atoms with Crippen molar-refractivity contribution < 1.29 is 13.9 Å². The Kier molecular flexibility index (Phi) is 4.46. The molecule has 8 heteroatoms. The van der Waals surface area contributed by atoms with E-state index in [0.717, 1.165) is 18.5 Å². The van der Waals surface area contributed by atoms with Crippen LogP contribution < -0.4 is 4.90 Å². The Morgan fingerprint density at radius 2 is 2.31 bits per heavy atom. The molecule has 0 bridgehead atoms. The number of fused-ring (bicyclic) bond motifs is 1. The summed E-state index contributed by atoms with van der Waals surface area (Å²) in [6.45, 7) is 3.02. The summed E-state index contributed by atoms with van der Waals surface area (Å²) >= 11 is 1.30. The predicted molar refractivity (Wildman–Crippen MR) is 98.2 cm³/mol. The van der Waals surface area contributed by atoms with E-state index < -0.39 is 0 Å². The third-order valence-electron chi connectivity index (χ3n) is 4.56. The molecule has 0 spiro atoms. The fraction of sp³-hybridized carbons (Fsp3) is 0.389. The van der Waals surface area contributed by atoms with Crippen molar-refractivity contribution in [1.29, 1.82) is 0 Å². The van der Waals surface area contributed by atoms with Crippen molar-refractivity contribution in [2.45, 2.75) is 25.9 Å². The van der Waals surface area contributed by atoms with Crippen LogP contribution >= 0.6 is 11.3 Å². The second kappa shape index (κ2) is 6.77. The minimum atomic E-state index is -0.315. The minimum absolute atomic E-state index is 0.0208. The number of benzene rings is 1. The SMILES string of the molecule is Cc1cc(C(=O)N(CC2CCCO2)c2nc3ccc(F)cc3s2)nn1C. The van der Waals surface area contributed by atoms with Gasteiger partial charge in [-0.3, -0.25) is 14.4 Å². The number of ether oxygens (including phenoxy) is 1. The molecule has 0 radical (unpaired) electrons. The fourth-order valence-corrected chi connectivity index (χ4v) is 4.04. The van der Waals surface area contributed by atoms with E-state index in [1.54, 1.807) is 28.8 Å². The van der Waals surface area contributed by atoms with Gasteiger partial charge in [-0.1, -0.05) is 11.3 Å². The van der Waals surface area contributed by atoms with Gasteiger partial charge in [-0.15, -0.1) is 0 Å². The number of anilines is 1. The van der Waals surface area contributed by atoms with Crippen molar-refractivity contribution in [2.24, 2.45) is 7.05 Å². The Hall–Kier alpha value is -2.32. The number of carbonyl (C=O) groups excluding carboxylic acids is 1. The molecular weight excluding hydrogens is 355 g/mol. The van der Waals surface area contributed by atoms with Gasteiger partial charge in [0.1, 0.15) is 5.82 Å². The first-order valence-electron chi connectivity index (χ1n) is 8.51. The van der Waals surface area contributed by atoms with E-state index in [9.17, 15) is 9.18 Å². The van der Waals surface area contributed by atoms with E-state index in [0.29, 0.717) is 34.2 Å². The van der Waals surface area contributed by atoms with Crippen LogP contribution in [0, 0.1) is 12.7 Å². The number of carbonyl (C=O) groups is 1. The molecule has 1 fully saturated rings. The van der Waals surface area contributed by atoms with Crippen molar-refractivity contribution in [1.82, 2.24) is 14.8 Å². The van der Waals surface area contributed by atoms with E-state index in [4.69, 9.17) is 4.74 Å². The summed E-state index contributed by atoms with van der Waals surface area (Å²) in [5, 5.41) is 4.84. The molecular formula is C18H19FN4O2S. The van der Waals surface area contributed by atoms with Crippen molar-refractivity contribution >= 4 is 32.6 Å². The zero-order valence-electron chi connectivity index (χ0n) is 14.6. The molecule has 4 rings (SSSR count). The third-order valence-corrected chi connectivity index (χ3v) is 5.60. The molecule has 136 valence electrons. The Balaban J connectivity index is 1.72. The van der Waals surface area contributed by atoms with Crippen molar-refractivity contribution in [3.8, 4) is 0 Å². The average Bonchev–Trinajstić information content (AvgIpc) is 3.33. The molecule has 1 amide bonds. The number of hydrogen-bond donors (Lipinski definition) is 0. The van der Waals surface area contributed by atoms with E-state index in [1.807, 2.05) is 6.92 Å². The van der Waals surface area contributed by atoms with E-state index in [2.05, 4.69) is 10.1 Å².